The zero-order valence-corrected chi connectivity index (χ0v) is 10.9. The molecule has 0 radical (unpaired) electrons. The Morgan fingerprint density at radius 2 is 1.83 bits per heavy atom. The lowest BCUT2D eigenvalue weighted by atomic mass is 10.00. The van der Waals surface area contributed by atoms with Crippen LogP contribution < -0.4 is 5.32 Å². The van der Waals surface area contributed by atoms with Crippen LogP contribution in [0.4, 0.5) is 0 Å². The molecule has 1 heterocycles. The van der Waals surface area contributed by atoms with Crippen molar-refractivity contribution in [3.05, 3.63) is 47.8 Å². The lowest BCUT2D eigenvalue weighted by Gasteiger charge is -2.05. The highest BCUT2D eigenvalue weighted by molar-refractivity contribution is 5.93. The first-order chi connectivity index (χ1) is 8.61. The van der Waals surface area contributed by atoms with Crippen LogP contribution in [0, 0.1) is 0 Å². The maximum Gasteiger partial charge on any atom is 0.267 e. The first-order valence-corrected chi connectivity index (χ1v) is 6.12. The number of aromatic nitrogens is 1. The summed E-state index contributed by atoms with van der Waals surface area (Å²) in [6.45, 7) is 4.35. The Kier molecular flexibility index (Phi) is 3.51. The van der Waals surface area contributed by atoms with E-state index in [2.05, 4.69) is 48.4 Å². The molecule has 3 heteroatoms. The Labute approximate surface area is 107 Å². The molecule has 0 unspecified atom stereocenters. The van der Waals surface area contributed by atoms with E-state index in [4.69, 9.17) is 0 Å². The molecule has 2 aromatic rings. The Hall–Kier alpha value is -2.03. The molecular formula is C15H18N2O. The van der Waals surface area contributed by atoms with Gasteiger partial charge in [-0.2, -0.15) is 0 Å². The number of rotatable bonds is 3. The van der Waals surface area contributed by atoms with E-state index in [0.717, 1.165) is 11.1 Å². The van der Waals surface area contributed by atoms with Crippen molar-refractivity contribution in [1.82, 2.24) is 10.3 Å². The van der Waals surface area contributed by atoms with E-state index in [-0.39, 0.29) is 5.91 Å². The Morgan fingerprint density at radius 3 is 2.39 bits per heavy atom. The summed E-state index contributed by atoms with van der Waals surface area (Å²) in [6, 6.07) is 10.3. The molecule has 0 saturated heterocycles. The van der Waals surface area contributed by atoms with Crippen LogP contribution in [0.1, 0.15) is 35.8 Å². The molecule has 2 rings (SSSR count). The summed E-state index contributed by atoms with van der Waals surface area (Å²) in [6.07, 6.45) is 1.86. The smallest absolute Gasteiger partial charge is 0.267 e. The van der Waals surface area contributed by atoms with Gasteiger partial charge in [0.25, 0.3) is 5.91 Å². The quantitative estimate of drug-likeness (QED) is 0.853. The van der Waals surface area contributed by atoms with Gasteiger partial charge in [0.05, 0.1) is 0 Å². The van der Waals surface area contributed by atoms with Gasteiger partial charge >= 0.3 is 0 Å². The van der Waals surface area contributed by atoms with Gasteiger partial charge in [0.1, 0.15) is 5.69 Å². The second kappa shape index (κ2) is 5.08. The summed E-state index contributed by atoms with van der Waals surface area (Å²) in [4.78, 5) is 14.4. The largest absolute Gasteiger partial charge is 0.357 e. The number of hydrogen-bond donors (Lipinski definition) is 2. The van der Waals surface area contributed by atoms with Gasteiger partial charge in [-0.3, -0.25) is 4.79 Å². The molecule has 0 aliphatic carbocycles. The maximum atomic E-state index is 11.5. The lowest BCUT2D eigenvalue weighted by molar-refractivity contribution is 0.0959. The molecule has 0 fully saturated rings. The molecule has 0 aliphatic rings. The second-order valence-corrected chi connectivity index (χ2v) is 4.66. The Balaban J connectivity index is 2.26. The number of carbonyl (C=O) groups excluding carboxylic acids is 1. The number of amides is 1. The molecule has 0 aliphatic heterocycles. The van der Waals surface area contributed by atoms with Crippen LogP contribution >= 0.6 is 0 Å². The van der Waals surface area contributed by atoms with Crippen molar-refractivity contribution in [3.8, 4) is 11.1 Å². The molecule has 0 spiro atoms. The number of hydrogen-bond acceptors (Lipinski definition) is 1. The normalized spacial score (nSPS) is 10.7. The minimum absolute atomic E-state index is 0.0972. The third kappa shape index (κ3) is 2.45. The minimum atomic E-state index is -0.0972. The fourth-order valence-corrected chi connectivity index (χ4v) is 1.89. The van der Waals surface area contributed by atoms with Gasteiger partial charge < -0.3 is 10.3 Å². The molecule has 3 nitrogen and oxygen atoms in total. The lowest BCUT2D eigenvalue weighted by Crippen LogP contribution is -2.17. The molecule has 0 bridgehead atoms. The summed E-state index contributed by atoms with van der Waals surface area (Å²) in [5.74, 6) is 0.437. The van der Waals surface area contributed by atoms with Crippen molar-refractivity contribution in [2.24, 2.45) is 0 Å². The van der Waals surface area contributed by atoms with E-state index in [1.807, 2.05) is 12.3 Å². The molecule has 1 aromatic carbocycles. The van der Waals surface area contributed by atoms with Crippen molar-refractivity contribution in [2.75, 3.05) is 7.05 Å². The van der Waals surface area contributed by atoms with E-state index < -0.39 is 0 Å². The monoisotopic (exact) mass is 242 g/mol. The standard InChI is InChI=1S/C15H18N2O/c1-10(2)11-4-6-12(7-5-11)13-8-14(17-9-13)15(18)16-3/h4-10,17H,1-3H3,(H,16,18). The van der Waals surface area contributed by atoms with Crippen molar-refractivity contribution in [3.63, 3.8) is 0 Å². The highest BCUT2D eigenvalue weighted by Gasteiger charge is 2.07. The van der Waals surface area contributed by atoms with Crippen molar-refractivity contribution in [2.45, 2.75) is 19.8 Å². The number of benzene rings is 1. The Bertz CT molecular complexity index is 538. The fourth-order valence-electron chi connectivity index (χ4n) is 1.89. The molecule has 1 aromatic heterocycles. The van der Waals surface area contributed by atoms with Crippen LogP contribution in [0.5, 0.6) is 0 Å². The van der Waals surface area contributed by atoms with Gasteiger partial charge in [-0.25, -0.2) is 0 Å². The first kappa shape index (κ1) is 12.4. The molecule has 0 saturated carbocycles. The highest BCUT2D eigenvalue weighted by Crippen LogP contribution is 2.23. The second-order valence-electron chi connectivity index (χ2n) is 4.66. The van der Waals surface area contributed by atoms with Crippen molar-refractivity contribution >= 4 is 5.91 Å². The van der Waals surface area contributed by atoms with E-state index in [1.165, 1.54) is 5.56 Å². The predicted molar refractivity (Wildman–Crippen MR) is 73.7 cm³/mol. The molecule has 0 atom stereocenters. The van der Waals surface area contributed by atoms with E-state index in [0.29, 0.717) is 11.6 Å². The summed E-state index contributed by atoms with van der Waals surface area (Å²) < 4.78 is 0. The average Bonchev–Trinajstić information content (AvgIpc) is 2.87. The summed E-state index contributed by atoms with van der Waals surface area (Å²) in [7, 11) is 1.63. The van der Waals surface area contributed by atoms with Gasteiger partial charge in [0.2, 0.25) is 0 Å². The van der Waals surface area contributed by atoms with Crippen molar-refractivity contribution < 1.29 is 4.79 Å². The number of carbonyl (C=O) groups is 1. The number of aromatic amines is 1. The van der Waals surface area contributed by atoms with Crippen LogP contribution in [-0.4, -0.2) is 17.9 Å². The summed E-state index contributed by atoms with van der Waals surface area (Å²) in [5, 5.41) is 2.60. The van der Waals surface area contributed by atoms with Gasteiger partial charge in [-0.15, -0.1) is 0 Å². The van der Waals surface area contributed by atoms with E-state index in [1.54, 1.807) is 7.05 Å². The zero-order chi connectivity index (χ0) is 13.1. The van der Waals surface area contributed by atoms with Gasteiger partial charge in [-0.1, -0.05) is 38.1 Å². The third-order valence-electron chi connectivity index (χ3n) is 3.07. The molecular weight excluding hydrogens is 224 g/mol. The van der Waals surface area contributed by atoms with Gasteiger partial charge in [0, 0.05) is 13.2 Å². The van der Waals surface area contributed by atoms with Crippen LogP contribution in [0.25, 0.3) is 11.1 Å². The Morgan fingerprint density at radius 1 is 1.17 bits per heavy atom. The van der Waals surface area contributed by atoms with E-state index in [9.17, 15) is 4.79 Å². The topological polar surface area (TPSA) is 44.9 Å². The maximum absolute atomic E-state index is 11.5. The van der Waals surface area contributed by atoms with Gasteiger partial charge in [0.15, 0.2) is 0 Å². The van der Waals surface area contributed by atoms with Crippen LogP contribution in [0.3, 0.4) is 0 Å². The molecule has 18 heavy (non-hydrogen) atoms. The van der Waals surface area contributed by atoms with Crippen molar-refractivity contribution in [1.29, 1.82) is 0 Å². The fraction of sp³-hybridized carbons (Fsp3) is 0.267. The molecule has 2 N–H and O–H groups in total. The molecule has 94 valence electrons. The minimum Gasteiger partial charge on any atom is -0.357 e. The number of nitrogens with one attached hydrogen (secondary N) is 2. The van der Waals surface area contributed by atoms with Crippen LogP contribution in [0.15, 0.2) is 36.5 Å². The zero-order valence-electron chi connectivity index (χ0n) is 10.9. The highest BCUT2D eigenvalue weighted by atomic mass is 16.1. The first-order valence-electron chi connectivity index (χ1n) is 6.12. The predicted octanol–water partition coefficient (Wildman–Crippen LogP) is 3.16. The summed E-state index contributed by atoms with van der Waals surface area (Å²) >= 11 is 0. The SMILES string of the molecule is CNC(=O)c1cc(-c2ccc(C(C)C)cc2)c[nH]1. The van der Waals surface area contributed by atoms with Crippen LogP contribution in [-0.2, 0) is 0 Å². The average molecular weight is 242 g/mol. The van der Waals surface area contributed by atoms with Gasteiger partial charge in [-0.05, 0) is 28.7 Å². The number of H-pyrrole nitrogens is 1. The molecule has 1 amide bonds. The van der Waals surface area contributed by atoms with E-state index >= 15 is 0 Å². The van der Waals surface area contributed by atoms with Crippen LogP contribution in [0.2, 0.25) is 0 Å². The summed E-state index contributed by atoms with van der Waals surface area (Å²) in [5.41, 5.74) is 4.05. The third-order valence-corrected chi connectivity index (χ3v) is 3.07.